The molecule has 0 heterocycles. The van der Waals surface area contributed by atoms with Crippen LogP contribution >= 0.6 is 11.6 Å². The van der Waals surface area contributed by atoms with Crippen molar-refractivity contribution in [2.24, 2.45) is 0 Å². The lowest BCUT2D eigenvalue weighted by Crippen LogP contribution is -2.29. The molecule has 0 radical (unpaired) electrons. The minimum atomic E-state index is -0.434. The second-order valence-electron chi connectivity index (χ2n) is 4.79. The van der Waals surface area contributed by atoms with Crippen LogP contribution in [0.5, 0.6) is 0 Å². The number of carbonyl (C=O) groups is 1. The van der Waals surface area contributed by atoms with E-state index in [0.717, 1.165) is 18.4 Å². The van der Waals surface area contributed by atoms with Gasteiger partial charge in [0.1, 0.15) is 6.04 Å². The molecule has 4 nitrogen and oxygen atoms in total. The molecule has 0 aromatic heterocycles. The Hall–Kier alpha value is -1.10. The van der Waals surface area contributed by atoms with E-state index in [9.17, 15) is 4.79 Å². The molecular formula is C15H22ClNO3. The molecule has 0 saturated carbocycles. The highest BCUT2D eigenvalue weighted by Crippen LogP contribution is 2.22. The fraction of sp³-hybridized carbons (Fsp3) is 0.533. The summed E-state index contributed by atoms with van der Waals surface area (Å²) in [6.45, 7) is 1.09. The zero-order chi connectivity index (χ0) is 15.0. The van der Waals surface area contributed by atoms with Crippen molar-refractivity contribution in [1.82, 2.24) is 4.90 Å². The molecule has 0 fully saturated rings. The summed E-state index contributed by atoms with van der Waals surface area (Å²) in [6, 6.07) is 6.85. The third-order valence-electron chi connectivity index (χ3n) is 2.89. The average Bonchev–Trinajstić information content (AvgIpc) is 2.38. The van der Waals surface area contributed by atoms with Crippen molar-refractivity contribution in [3.63, 3.8) is 0 Å². The van der Waals surface area contributed by atoms with E-state index in [0.29, 0.717) is 18.2 Å². The Bertz CT molecular complexity index is 423. The van der Waals surface area contributed by atoms with Crippen molar-refractivity contribution in [3.8, 4) is 0 Å². The Labute approximate surface area is 125 Å². The number of hydrogen-bond acceptors (Lipinski definition) is 4. The van der Waals surface area contributed by atoms with E-state index in [1.54, 1.807) is 19.2 Å². The Kier molecular flexibility index (Phi) is 7.59. The molecule has 5 heteroatoms. The molecule has 0 aliphatic heterocycles. The number of nitrogens with zero attached hydrogens (tertiary/aromatic N) is 1. The van der Waals surface area contributed by atoms with E-state index in [1.165, 1.54) is 0 Å². The van der Waals surface area contributed by atoms with Crippen LogP contribution in [0.15, 0.2) is 24.3 Å². The third-order valence-corrected chi connectivity index (χ3v) is 3.13. The van der Waals surface area contributed by atoms with Crippen LogP contribution in [0.3, 0.4) is 0 Å². The highest BCUT2D eigenvalue weighted by Gasteiger charge is 2.24. The van der Waals surface area contributed by atoms with Crippen LogP contribution in [0, 0.1) is 0 Å². The first-order valence-electron chi connectivity index (χ1n) is 6.63. The number of hydrogen-bond donors (Lipinski definition) is 0. The van der Waals surface area contributed by atoms with Crippen molar-refractivity contribution in [2.45, 2.75) is 18.9 Å². The molecule has 1 aromatic rings. The van der Waals surface area contributed by atoms with Crippen LogP contribution in [-0.2, 0) is 14.3 Å². The summed E-state index contributed by atoms with van der Waals surface area (Å²) in [7, 11) is 5.35. The highest BCUT2D eigenvalue weighted by atomic mass is 35.5. The van der Waals surface area contributed by atoms with Gasteiger partial charge < -0.3 is 9.47 Å². The SMILES string of the molecule is COCCCCOC(=O)C(c1cccc(Cl)c1)N(C)C. The Balaban J connectivity index is 2.60. The first-order chi connectivity index (χ1) is 9.56. The van der Waals surface area contributed by atoms with Gasteiger partial charge in [0.05, 0.1) is 6.61 Å². The molecular weight excluding hydrogens is 278 g/mol. The molecule has 0 bridgehead atoms. The fourth-order valence-electron chi connectivity index (χ4n) is 1.92. The lowest BCUT2D eigenvalue weighted by Gasteiger charge is -2.23. The van der Waals surface area contributed by atoms with Crippen molar-refractivity contribution >= 4 is 17.6 Å². The predicted octanol–water partition coefficient (Wildman–Crippen LogP) is 2.91. The number of unbranched alkanes of at least 4 members (excludes halogenated alkanes) is 1. The molecule has 0 saturated heterocycles. The van der Waals surface area contributed by atoms with Gasteiger partial charge in [-0.05, 0) is 44.6 Å². The maximum atomic E-state index is 12.2. The number of rotatable bonds is 8. The molecule has 1 aromatic carbocycles. The number of likely N-dealkylation sites (N-methyl/N-ethyl adjacent to an activating group) is 1. The minimum Gasteiger partial charge on any atom is -0.464 e. The minimum absolute atomic E-state index is 0.255. The molecule has 0 aliphatic rings. The van der Waals surface area contributed by atoms with Crippen molar-refractivity contribution in [2.75, 3.05) is 34.4 Å². The summed E-state index contributed by atoms with van der Waals surface area (Å²) < 4.78 is 10.3. The first kappa shape index (κ1) is 17.0. The van der Waals surface area contributed by atoms with E-state index >= 15 is 0 Å². The zero-order valence-electron chi connectivity index (χ0n) is 12.3. The van der Waals surface area contributed by atoms with E-state index in [-0.39, 0.29) is 5.97 Å². The highest BCUT2D eigenvalue weighted by molar-refractivity contribution is 6.30. The van der Waals surface area contributed by atoms with E-state index in [4.69, 9.17) is 21.1 Å². The lowest BCUT2D eigenvalue weighted by atomic mass is 10.1. The lowest BCUT2D eigenvalue weighted by molar-refractivity contribution is -0.149. The monoisotopic (exact) mass is 299 g/mol. The van der Waals surface area contributed by atoms with Gasteiger partial charge in [-0.3, -0.25) is 4.90 Å². The summed E-state index contributed by atoms with van der Waals surface area (Å²) in [4.78, 5) is 14.0. The van der Waals surface area contributed by atoms with Gasteiger partial charge in [0.2, 0.25) is 0 Å². The van der Waals surface area contributed by atoms with Crippen LogP contribution in [0.2, 0.25) is 5.02 Å². The zero-order valence-corrected chi connectivity index (χ0v) is 13.0. The summed E-state index contributed by atoms with van der Waals surface area (Å²) in [5.74, 6) is -0.255. The van der Waals surface area contributed by atoms with Crippen LogP contribution in [-0.4, -0.2) is 45.3 Å². The number of ether oxygens (including phenoxy) is 2. The summed E-state index contributed by atoms with van der Waals surface area (Å²) >= 11 is 5.98. The third kappa shape index (κ3) is 5.49. The number of methoxy groups -OCH3 is 1. The van der Waals surface area contributed by atoms with Gasteiger partial charge in [-0.15, -0.1) is 0 Å². The predicted molar refractivity (Wildman–Crippen MR) is 79.9 cm³/mol. The van der Waals surface area contributed by atoms with Gasteiger partial charge in [-0.2, -0.15) is 0 Å². The summed E-state index contributed by atoms with van der Waals surface area (Å²) in [5, 5.41) is 0.613. The smallest absolute Gasteiger partial charge is 0.327 e. The van der Waals surface area contributed by atoms with Gasteiger partial charge in [0, 0.05) is 18.7 Å². The normalized spacial score (nSPS) is 12.4. The molecule has 0 N–H and O–H groups in total. The van der Waals surface area contributed by atoms with Crippen LogP contribution in [0.4, 0.5) is 0 Å². The Morgan fingerprint density at radius 3 is 2.60 bits per heavy atom. The largest absolute Gasteiger partial charge is 0.464 e. The molecule has 0 aliphatic carbocycles. The molecule has 112 valence electrons. The van der Waals surface area contributed by atoms with Crippen LogP contribution < -0.4 is 0 Å². The quantitative estimate of drug-likeness (QED) is 0.546. The first-order valence-corrected chi connectivity index (χ1v) is 7.01. The average molecular weight is 300 g/mol. The molecule has 1 rings (SSSR count). The van der Waals surface area contributed by atoms with Gasteiger partial charge in [-0.1, -0.05) is 23.7 Å². The van der Waals surface area contributed by atoms with Crippen LogP contribution in [0.1, 0.15) is 24.4 Å². The number of halogens is 1. The Morgan fingerprint density at radius 1 is 1.30 bits per heavy atom. The second-order valence-corrected chi connectivity index (χ2v) is 5.22. The van der Waals surface area contributed by atoms with Crippen molar-refractivity contribution in [3.05, 3.63) is 34.9 Å². The standard InChI is InChI=1S/C15H22ClNO3/c1-17(2)14(12-7-6-8-13(16)11-12)15(18)20-10-5-4-9-19-3/h6-8,11,14H,4-5,9-10H2,1-3H3. The van der Waals surface area contributed by atoms with Gasteiger partial charge in [-0.25, -0.2) is 4.79 Å². The van der Waals surface area contributed by atoms with E-state index < -0.39 is 6.04 Å². The maximum absolute atomic E-state index is 12.2. The molecule has 20 heavy (non-hydrogen) atoms. The van der Waals surface area contributed by atoms with Crippen LogP contribution in [0.25, 0.3) is 0 Å². The fourth-order valence-corrected chi connectivity index (χ4v) is 2.12. The second kappa shape index (κ2) is 8.95. The van der Waals surface area contributed by atoms with Gasteiger partial charge in [0.15, 0.2) is 0 Å². The molecule has 1 atom stereocenters. The topological polar surface area (TPSA) is 38.8 Å². The summed E-state index contributed by atoms with van der Waals surface area (Å²) in [5.41, 5.74) is 0.837. The number of esters is 1. The van der Waals surface area contributed by atoms with Gasteiger partial charge >= 0.3 is 5.97 Å². The van der Waals surface area contributed by atoms with Crippen molar-refractivity contribution < 1.29 is 14.3 Å². The number of benzene rings is 1. The Morgan fingerprint density at radius 2 is 2.00 bits per heavy atom. The van der Waals surface area contributed by atoms with Gasteiger partial charge in [0.25, 0.3) is 0 Å². The molecule has 1 unspecified atom stereocenters. The maximum Gasteiger partial charge on any atom is 0.327 e. The molecule has 0 amide bonds. The molecule has 0 spiro atoms. The van der Waals surface area contributed by atoms with E-state index in [1.807, 2.05) is 31.1 Å². The summed E-state index contributed by atoms with van der Waals surface area (Å²) in [6.07, 6.45) is 1.68. The van der Waals surface area contributed by atoms with Crippen molar-refractivity contribution in [1.29, 1.82) is 0 Å². The van der Waals surface area contributed by atoms with E-state index in [2.05, 4.69) is 0 Å². The number of carbonyl (C=O) groups excluding carboxylic acids is 1.